The van der Waals surface area contributed by atoms with E-state index in [9.17, 15) is 13.2 Å². The third-order valence-electron chi connectivity index (χ3n) is 6.73. The van der Waals surface area contributed by atoms with Gasteiger partial charge in [-0.3, -0.25) is 4.90 Å². The molecule has 1 aliphatic rings. The summed E-state index contributed by atoms with van der Waals surface area (Å²) in [6.07, 6.45) is -4.53. The van der Waals surface area contributed by atoms with Crippen molar-refractivity contribution in [3.63, 3.8) is 0 Å². The van der Waals surface area contributed by atoms with Gasteiger partial charge >= 0.3 is 6.18 Å². The zero-order chi connectivity index (χ0) is 26.3. The molecule has 0 radical (unpaired) electrons. The molecule has 7 nitrogen and oxygen atoms in total. The second-order valence-electron chi connectivity index (χ2n) is 9.18. The topological polar surface area (TPSA) is 73.1 Å². The number of rotatable bonds is 6. The number of H-pyrrole nitrogens is 2. The molecule has 0 amide bonds. The van der Waals surface area contributed by atoms with E-state index < -0.39 is 12.0 Å². The summed E-state index contributed by atoms with van der Waals surface area (Å²) < 4.78 is 46.0. The fraction of sp³-hybridized carbons (Fsp3) is 0.259. The molecular formula is C27H24BrF3N6O. The number of fused-ring (bicyclic) bond motifs is 2. The molecule has 5 aromatic rings. The number of halogens is 4. The number of ether oxygens (including phenoxy) is 1. The van der Waals surface area contributed by atoms with Gasteiger partial charge in [-0.25, -0.2) is 9.97 Å². The highest BCUT2D eigenvalue weighted by molar-refractivity contribution is 9.10. The van der Waals surface area contributed by atoms with Crippen LogP contribution in [0.2, 0.25) is 0 Å². The predicted molar refractivity (Wildman–Crippen MR) is 144 cm³/mol. The van der Waals surface area contributed by atoms with Gasteiger partial charge in [-0.15, -0.1) is 0 Å². The van der Waals surface area contributed by atoms with Crippen molar-refractivity contribution in [3.8, 4) is 17.1 Å². The minimum atomic E-state index is -4.53. The normalized spacial score (nSPS) is 15.0. The number of benzene rings is 3. The van der Waals surface area contributed by atoms with Gasteiger partial charge in [0.15, 0.2) is 0 Å². The number of aromatic amines is 2. The molecule has 0 unspecified atom stereocenters. The van der Waals surface area contributed by atoms with Gasteiger partial charge in [-0.2, -0.15) is 13.2 Å². The predicted octanol–water partition coefficient (Wildman–Crippen LogP) is 6.09. The molecular weight excluding hydrogens is 561 g/mol. The lowest BCUT2D eigenvalue weighted by atomic mass is 10.2. The standard InChI is InChI=1S/C27H24BrF3N6O/c28-18-9-7-17(8-10-18)25-32-19-3-1-5-21(23(19)34-25)37-13-11-36(12-14-37)15-16-38-22-6-2-4-20-24(22)35-26(33-20)27(29,30)31/h1-10H,11-16H2,(H,32,34)(H,33,35). The maximum atomic E-state index is 13.0. The van der Waals surface area contributed by atoms with Crippen molar-refractivity contribution < 1.29 is 17.9 Å². The Bertz CT molecular complexity index is 1570. The van der Waals surface area contributed by atoms with Crippen molar-refractivity contribution in [2.75, 3.05) is 44.2 Å². The first-order chi connectivity index (χ1) is 18.3. The quantitative estimate of drug-likeness (QED) is 0.253. The molecule has 2 N–H and O–H groups in total. The Morgan fingerprint density at radius 2 is 1.55 bits per heavy atom. The molecule has 196 valence electrons. The van der Waals surface area contributed by atoms with Gasteiger partial charge in [-0.1, -0.05) is 40.2 Å². The highest BCUT2D eigenvalue weighted by Crippen LogP contribution is 2.32. The maximum Gasteiger partial charge on any atom is 0.449 e. The molecule has 2 aromatic heterocycles. The molecule has 1 aliphatic heterocycles. The Balaban J connectivity index is 1.08. The van der Waals surface area contributed by atoms with Crippen LogP contribution in [0.25, 0.3) is 33.5 Å². The highest BCUT2D eigenvalue weighted by atomic mass is 79.9. The van der Waals surface area contributed by atoms with Crippen molar-refractivity contribution in [1.82, 2.24) is 24.8 Å². The molecule has 0 aliphatic carbocycles. The lowest BCUT2D eigenvalue weighted by Gasteiger charge is -2.36. The van der Waals surface area contributed by atoms with Crippen LogP contribution in [0.15, 0.2) is 65.1 Å². The van der Waals surface area contributed by atoms with Crippen LogP contribution in [-0.2, 0) is 6.18 Å². The van der Waals surface area contributed by atoms with Crippen molar-refractivity contribution in [2.45, 2.75) is 6.18 Å². The maximum absolute atomic E-state index is 13.0. The Morgan fingerprint density at radius 1 is 0.842 bits per heavy atom. The van der Waals surface area contributed by atoms with Crippen molar-refractivity contribution in [2.24, 2.45) is 0 Å². The van der Waals surface area contributed by atoms with Crippen LogP contribution in [0.3, 0.4) is 0 Å². The number of nitrogens with one attached hydrogen (secondary N) is 2. The van der Waals surface area contributed by atoms with E-state index in [1.807, 2.05) is 36.4 Å². The summed E-state index contributed by atoms with van der Waals surface area (Å²) in [5.74, 6) is 0.167. The summed E-state index contributed by atoms with van der Waals surface area (Å²) in [7, 11) is 0. The second-order valence-corrected chi connectivity index (χ2v) is 10.1. The summed E-state index contributed by atoms with van der Waals surface area (Å²) in [6.45, 7) is 4.38. The lowest BCUT2D eigenvalue weighted by molar-refractivity contribution is -0.144. The summed E-state index contributed by atoms with van der Waals surface area (Å²) >= 11 is 3.47. The number of alkyl halides is 3. The van der Waals surface area contributed by atoms with Crippen molar-refractivity contribution >= 4 is 43.7 Å². The van der Waals surface area contributed by atoms with Crippen LogP contribution >= 0.6 is 15.9 Å². The van der Waals surface area contributed by atoms with Crippen LogP contribution in [0.1, 0.15) is 5.82 Å². The number of nitrogens with zero attached hydrogens (tertiary/aromatic N) is 4. The molecule has 0 bridgehead atoms. The zero-order valence-electron chi connectivity index (χ0n) is 20.2. The summed E-state index contributed by atoms with van der Waals surface area (Å²) in [5.41, 5.74) is 4.58. The Labute approximate surface area is 224 Å². The summed E-state index contributed by atoms with van der Waals surface area (Å²) in [4.78, 5) is 19.0. The largest absolute Gasteiger partial charge is 0.490 e. The molecule has 0 atom stereocenters. The molecule has 3 heterocycles. The summed E-state index contributed by atoms with van der Waals surface area (Å²) in [6, 6.07) is 19.1. The Kier molecular flexibility index (Phi) is 6.48. The molecule has 1 fully saturated rings. The number of hydrogen-bond donors (Lipinski definition) is 2. The highest BCUT2D eigenvalue weighted by Gasteiger charge is 2.35. The van der Waals surface area contributed by atoms with E-state index in [1.54, 1.807) is 18.2 Å². The van der Waals surface area contributed by atoms with Gasteiger partial charge in [0.2, 0.25) is 5.82 Å². The number of anilines is 1. The average molecular weight is 585 g/mol. The van der Waals surface area contributed by atoms with Crippen molar-refractivity contribution in [3.05, 3.63) is 71.0 Å². The van der Waals surface area contributed by atoms with Crippen LogP contribution in [0.5, 0.6) is 5.75 Å². The van der Waals surface area contributed by atoms with E-state index in [0.29, 0.717) is 24.4 Å². The third kappa shape index (κ3) is 4.95. The van der Waals surface area contributed by atoms with Gasteiger partial charge in [-0.05, 0) is 36.4 Å². The van der Waals surface area contributed by atoms with Gasteiger partial charge < -0.3 is 19.6 Å². The first-order valence-corrected chi connectivity index (χ1v) is 13.1. The molecule has 3 aromatic carbocycles. The van der Waals surface area contributed by atoms with E-state index in [2.05, 4.69) is 46.7 Å². The third-order valence-corrected chi connectivity index (χ3v) is 7.26. The molecule has 38 heavy (non-hydrogen) atoms. The number of para-hydroxylation sites is 2. The Hall–Kier alpha value is -3.57. The van der Waals surface area contributed by atoms with Gasteiger partial charge in [0.25, 0.3) is 0 Å². The SMILES string of the molecule is FC(F)(F)c1nc2c(OCCN3CCN(c4cccc5[nH]c(-c6ccc(Br)cc6)nc45)CC3)cccc2[nH]1. The molecule has 6 rings (SSSR count). The van der Waals surface area contributed by atoms with Crippen LogP contribution in [0, 0.1) is 0 Å². The molecule has 11 heteroatoms. The zero-order valence-corrected chi connectivity index (χ0v) is 21.8. The van der Waals surface area contributed by atoms with E-state index >= 15 is 0 Å². The number of imidazole rings is 2. The minimum Gasteiger partial charge on any atom is -0.490 e. The van der Waals surface area contributed by atoms with E-state index in [-0.39, 0.29) is 5.52 Å². The van der Waals surface area contributed by atoms with Crippen LogP contribution < -0.4 is 9.64 Å². The van der Waals surface area contributed by atoms with E-state index in [0.717, 1.165) is 58.8 Å². The van der Waals surface area contributed by atoms with Crippen LogP contribution in [0.4, 0.5) is 18.9 Å². The van der Waals surface area contributed by atoms with Gasteiger partial charge in [0.1, 0.15) is 29.2 Å². The number of hydrogen-bond acceptors (Lipinski definition) is 5. The number of aromatic nitrogens is 4. The smallest absolute Gasteiger partial charge is 0.449 e. The first-order valence-electron chi connectivity index (χ1n) is 12.3. The monoisotopic (exact) mass is 584 g/mol. The van der Waals surface area contributed by atoms with Gasteiger partial charge in [0.05, 0.1) is 16.7 Å². The lowest BCUT2D eigenvalue weighted by Crippen LogP contribution is -2.47. The summed E-state index contributed by atoms with van der Waals surface area (Å²) in [5, 5.41) is 0. The molecule has 1 saturated heterocycles. The van der Waals surface area contributed by atoms with Crippen molar-refractivity contribution in [1.29, 1.82) is 0 Å². The molecule has 0 saturated carbocycles. The Morgan fingerprint density at radius 3 is 2.29 bits per heavy atom. The minimum absolute atomic E-state index is 0.194. The fourth-order valence-corrected chi connectivity index (χ4v) is 5.03. The average Bonchev–Trinajstić information content (AvgIpc) is 3.55. The van der Waals surface area contributed by atoms with Crippen LogP contribution in [-0.4, -0.2) is 64.2 Å². The first kappa shape index (κ1) is 24.7. The second kappa shape index (κ2) is 9.95. The van der Waals surface area contributed by atoms with E-state index in [1.165, 1.54) is 0 Å². The number of piperazine rings is 1. The van der Waals surface area contributed by atoms with Gasteiger partial charge in [0, 0.05) is 42.8 Å². The molecule has 0 spiro atoms. The fourth-order valence-electron chi connectivity index (χ4n) is 4.77. The van der Waals surface area contributed by atoms with E-state index in [4.69, 9.17) is 9.72 Å².